The summed E-state index contributed by atoms with van der Waals surface area (Å²) in [6.07, 6.45) is 5.40. The van der Waals surface area contributed by atoms with Crippen LogP contribution in [0, 0.1) is 5.92 Å². The molecule has 20 heavy (non-hydrogen) atoms. The number of hydrogen-bond donors (Lipinski definition) is 2. The minimum absolute atomic E-state index is 0.180. The highest BCUT2D eigenvalue weighted by Gasteiger charge is 2.41. The van der Waals surface area contributed by atoms with Gasteiger partial charge in [0.2, 0.25) is 10.0 Å². The molecule has 1 heterocycles. The van der Waals surface area contributed by atoms with E-state index >= 15 is 0 Å². The lowest BCUT2D eigenvalue weighted by atomic mass is 9.94. The summed E-state index contributed by atoms with van der Waals surface area (Å²) in [7, 11) is -3.47. The summed E-state index contributed by atoms with van der Waals surface area (Å²) in [5, 5.41) is 0. The Kier molecular flexibility index (Phi) is 3.70. The summed E-state index contributed by atoms with van der Waals surface area (Å²) in [5.41, 5.74) is 2.96. The van der Waals surface area contributed by atoms with E-state index in [-0.39, 0.29) is 10.9 Å². The van der Waals surface area contributed by atoms with Crippen molar-refractivity contribution < 1.29 is 8.42 Å². The van der Waals surface area contributed by atoms with Crippen LogP contribution in [-0.4, -0.2) is 25.3 Å². The summed E-state index contributed by atoms with van der Waals surface area (Å²) in [6, 6.07) is 7.03. The number of anilines is 1. The third-order valence-electron chi connectivity index (χ3n) is 4.57. The van der Waals surface area contributed by atoms with Gasteiger partial charge in [-0.1, -0.05) is 18.6 Å². The van der Waals surface area contributed by atoms with E-state index in [1.807, 2.05) is 0 Å². The Morgan fingerprint density at radius 1 is 1.15 bits per heavy atom. The second-order valence-electron chi connectivity index (χ2n) is 5.66. The van der Waals surface area contributed by atoms with Crippen LogP contribution in [0.2, 0.25) is 0 Å². The second-order valence-corrected chi connectivity index (χ2v) is 7.52. The molecule has 1 aliphatic heterocycles. The Bertz CT molecular complexity index is 588. The topological polar surface area (TPSA) is 75.4 Å². The molecular formula is C14H21N3O2S. The zero-order valence-electron chi connectivity index (χ0n) is 11.5. The molecule has 3 N–H and O–H groups in total. The fourth-order valence-corrected chi connectivity index (χ4v) is 5.56. The van der Waals surface area contributed by atoms with Crippen molar-refractivity contribution in [3.63, 3.8) is 0 Å². The van der Waals surface area contributed by atoms with Crippen LogP contribution in [0.3, 0.4) is 0 Å². The highest BCUT2D eigenvalue weighted by molar-refractivity contribution is 7.89. The summed E-state index contributed by atoms with van der Waals surface area (Å²) >= 11 is 0. The Labute approximate surface area is 120 Å². The van der Waals surface area contributed by atoms with Gasteiger partial charge in [-0.2, -0.15) is 4.31 Å². The van der Waals surface area contributed by atoms with Crippen LogP contribution in [0.4, 0.5) is 5.69 Å². The minimum atomic E-state index is -3.47. The first-order valence-corrected chi connectivity index (χ1v) is 8.66. The van der Waals surface area contributed by atoms with E-state index in [0.29, 0.717) is 18.2 Å². The maximum Gasteiger partial charge on any atom is 0.245 e. The number of fused-ring (bicyclic) bond motifs is 1. The first-order chi connectivity index (χ1) is 9.64. The van der Waals surface area contributed by atoms with E-state index in [2.05, 4.69) is 5.43 Å². The molecule has 0 radical (unpaired) electrons. The van der Waals surface area contributed by atoms with E-state index in [1.165, 1.54) is 0 Å². The highest BCUT2D eigenvalue weighted by Crippen LogP contribution is 2.40. The van der Waals surface area contributed by atoms with Crippen LogP contribution in [0.5, 0.6) is 0 Å². The Morgan fingerprint density at radius 3 is 2.70 bits per heavy atom. The largest absolute Gasteiger partial charge is 0.323 e. The number of hydrazine groups is 1. The van der Waals surface area contributed by atoms with Gasteiger partial charge in [-0.05, 0) is 43.7 Å². The zero-order chi connectivity index (χ0) is 14.2. The van der Waals surface area contributed by atoms with Crippen LogP contribution < -0.4 is 11.3 Å². The normalized spacial score (nSPS) is 27.2. The van der Waals surface area contributed by atoms with Gasteiger partial charge in [-0.15, -0.1) is 0 Å². The number of nitrogens with zero attached hydrogens (tertiary/aromatic N) is 1. The van der Waals surface area contributed by atoms with Gasteiger partial charge in [-0.3, -0.25) is 5.84 Å². The van der Waals surface area contributed by atoms with Crippen molar-refractivity contribution in [1.82, 2.24) is 4.31 Å². The molecule has 6 heteroatoms. The standard InChI is InChI=1S/C14H21N3O2S/c15-16-12-7-1-2-9-14(12)20(18,19)17-10-4-6-11-5-3-8-13(11)17/h1-2,7,9,11,13,16H,3-6,8,10,15H2. The van der Waals surface area contributed by atoms with Gasteiger partial charge in [0.25, 0.3) is 0 Å². The van der Waals surface area contributed by atoms with Crippen molar-refractivity contribution in [2.45, 2.75) is 43.0 Å². The molecule has 1 saturated heterocycles. The predicted molar refractivity (Wildman–Crippen MR) is 78.5 cm³/mol. The van der Waals surface area contributed by atoms with E-state index in [4.69, 9.17) is 5.84 Å². The molecule has 1 aromatic rings. The van der Waals surface area contributed by atoms with Crippen LogP contribution in [0.25, 0.3) is 0 Å². The molecule has 0 bridgehead atoms. The second kappa shape index (κ2) is 5.35. The summed E-state index contributed by atoms with van der Waals surface area (Å²) < 4.78 is 27.6. The molecule has 1 saturated carbocycles. The Morgan fingerprint density at radius 2 is 1.90 bits per heavy atom. The van der Waals surface area contributed by atoms with E-state index in [0.717, 1.165) is 32.1 Å². The van der Waals surface area contributed by atoms with Gasteiger partial charge in [0.05, 0.1) is 5.69 Å². The number of nitrogens with one attached hydrogen (secondary N) is 1. The highest BCUT2D eigenvalue weighted by atomic mass is 32.2. The first-order valence-electron chi connectivity index (χ1n) is 7.22. The van der Waals surface area contributed by atoms with Crippen molar-refractivity contribution in [3.8, 4) is 0 Å². The van der Waals surface area contributed by atoms with E-state index in [9.17, 15) is 8.42 Å². The number of piperidine rings is 1. The quantitative estimate of drug-likeness (QED) is 0.660. The zero-order valence-corrected chi connectivity index (χ0v) is 12.3. The number of para-hydroxylation sites is 1. The van der Waals surface area contributed by atoms with Crippen LogP contribution >= 0.6 is 0 Å². The van der Waals surface area contributed by atoms with Crippen molar-refractivity contribution in [2.75, 3.05) is 12.0 Å². The Balaban J connectivity index is 1.98. The summed E-state index contributed by atoms with van der Waals surface area (Å²) in [4.78, 5) is 0.287. The van der Waals surface area contributed by atoms with Gasteiger partial charge in [-0.25, -0.2) is 8.42 Å². The maximum atomic E-state index is 12.9. The van der Waals surface area contributed by atoms with Crippen LogP contribution in [0.15, 0.2) is 29.2 Å². The number of benzene rings is 1. The molecule has 1 aromatic carbocycles. The van der Waals surface area contributed by atoms with Crippen molar-refractivity contribution in [3.05, 3.63) is 24.3 Å². The third-order valence-corrected chi connectivity index (χ3v) is 6.55. The molecular weight excluding hydrogens is 274 g/mol. The molecule has 0 amide bonds. The van der Waals surface area contributed by atoms with Crippen LogP contribution in [0.1, 0.15) is 32.1 Å². The van der Waals surface area contributed by atoms with Gasteiger partial charge >= 0.3 is 0 Å². The van der Waals surface area contributed by atoms with Gasteiger partial charge < -0.3 is 5.43 Å². The molecule has 0 spiro atoms. The third kappa shape index (κ3) is 2.21. The van der Waals surface area contributed by atoms with Gasteiger partial charge in [0.15, 0.2) is 0 Å². The SMILES string of the molecule is NNc1ccccc1S(=O)(=O)N1CCCC2CCCC21. The number of rotatable bonds is 3. The number of nitrogen functional groups attached to an aromatic ring is 1. The average molecular weight is 295 g/mol. The molecule has 3 rings (SSSR count). The fraction of sp³-hybridized carbons (Fsp3) is 0.571. The molecule has 2 atom stereocenters. The monoisotopic (exact) mass is 295 g/mol. The molecule has 0 aromatic heterocycles. The van der Waals surface area contributed by atoms with Crippen LogP contribution in [-0.2, 0) is 10.0 Å². The average Bonchev–Trinajstić information content (AvgIpc) is 2.95. The molecule has 5 nitrogen and oxygen atoms in total. The predicted octanol–water partition coefficient (Wildman–Crippen LogP) is 1.93. The molecule has 2 unspecified atom stereocenters. The van der Waals surface area contributed by atoms with E-state index in [1.54, 1.807) is 28.6 Å². The minimum Gasteiger partial charge on any atom is -0.323 e. The lowest BCUT2D eigenvalue weighted by molar-refractivity contribution is 0.202. The molecule has 1 aliphatic carbocycles. The summed E-state index contributed by atoms with van der Waals surface area (Å²) in [6.45, 7) is 0.627. The lowest BCUT2D eigenvalue weighted by Gasteiger charge is -2.36. The molecule has 110 valence electrons. The van der Waals surface area contributed by atoms with Crippen molar-refractivity contribution in [2.24, 2.45) is 11.8 Å². The first kappa shape index (κ1) is 13.9. The van der Waals surface area contributed by atoms with Gasteiger partial charge in [0.1, 0.15) is 4.90 Å². The molecule has 2 aliphatic rings. The number of nitrogens with two attached hydrogens (primary N) is 1. The van der Waals surface area contributed by atoms with Crippen molar-refractivity contribution >= 4 is 15.7 Å². The van der Waals surface area contributed by atoms with E-state index < -0.39 is 10.0 Å². The Hall–Kier alpha value is -1.11. The lowest BCUT2D eigenvalue weighted by Crippen LogP contribution is -2.46. The summed E-state index contributed by atoms with van der Waals surface area (Å²) in [5.74, 6) is 5.99. The smallest absolute Gasteiger partial charge is 0.245 e. The van der Waals surface area contributed by atoms with Crippen molar-refractivity contribution in [1.29, 1.82) is 0 Å². The number of hydrogen-bond acceptors (Lipinski definition) is 4. The molecule has 2 fully saturated rings. The van der Waals surface area contributed by atoms with Gasteiger partial charge in [0, 0.05) is 12.6 Å². The fourth-order valence-electron chi connectivity index (χ4n) is 3.64. The maximum absolute atomic E-state index is 12.9. The number of sulfonamides is 1.